The minimum Gasteiger partial charge on any atom is -0.355 e. The number of halogens is 1. The van der Waals surface area contributed by atoms with Crippen LogP contribution >= 0.6 is 12.4 Å². The molecule has 0 aliphatic carbocycles. The van der Waals surface area contributed by atoms with Gasteiger partial charge in [0.05, 0.1) is 17.5 Å². The highest BCUT2D eigenvalue weighted by atomic mass is 35.5. The van der Waals surface area contributed by atoms with E-state index in [0.29, 0.717) is 13.0 Å². The Bertz CT molecular complexity index is 557. The van der Waals surface area contributed by atoms with Gasteiger partial charge in [-0.05, 0) is 31.4 Å². The van der Waals surface area contributed by atoms with Crippen LogP contribution in [0, 0.1) is 0 Å². The normalized spacial score (nSPS) is 17.7. The predicted octanol–water partition coefficient (Wildman–Crippen LogP) is 1.28. The van der Waals surface area contributed by atoms with Gasteiger partial charge < -0.3 is 10.6 Å². The summed E-state index contributed by atoms with van der Waals surface area (Å²) < 4.78 is 24.0. The average Bonchev–Trinajstić information content (AvgIpc) is 2.98. The number of carbonyl (C=O) groups is 1. The summed E-state index contributed by atoms with van der Waals surface area (Å²) in [5.41, 5.74) is 0.802. The van der Waals surface area contributed by atoms with Gasteiger partial charge >= 0.3 is 0 Å². The maximum absolute atomic E-state index is 12.0. The van der Waals surface area contributed by atoms with Crippen LogP contribution in [0.25, 0.3) is 0 Å². The SMILES string of the molecule is Cl.O=C(NCCCS(=O)(=O)Cc1ccccc1)C1CCCN1. The second kappa shape index (κ2) is 9.12. The zero-order valence-corrected chi connectivity index (χ0v) is 14.1. The summed E-state index contributed by atoms with van der Waals surface area (Å²) in [5, 5.41) is 5.91. The lowest BCUT2D eigenvalue weighted by molar-refractivity contribution is -0.122. The molecule has 7 heteroatoms. The van der Waals surface area contributed by atoms with Crippen molar-refractivity contribution in [2.45, 2.75) is 31.1 Å². The van der Waals surface area contributed by atoms with Gasteiger partial charge in [0.1, 0.15) is 0 Å². The number of nitrogens with one attached hydrogen (secondary N) is 2. The van der Waals surface area contributed by atoms with Gasteiger partial charge in [0, 0.05) is 6.54 Å². The van der Waals surface area contributed by atoms with E-state index in [2.05, 4.69) is 10.6 Å². The molecule has 1 aromatic carbocycles. The van der Waals surface area contributed by atoms with E-state index in [9.17, 15) is 13.2 Å². The van der Waals surface area contributed by atoms with Crippen LogP contribution in [-0.4, -0.2) is 39.2 Å². The molecule has 1 aliphatic rings. The van der Waals surface area contributed by atoms with E-state index in [-0.39, 0.29) is 35.9 Å². The maximum Gasteiger partial charge on any atom is 0.237 e. The van der Waals surface area contributed by atoms with Crippen LogP contribution in [0.4, 0.5) is 0 Å². The zero-order chi connectivity index (χ0) is 15.1. The van der Waals surface area contributed by atoms with Crippen LogP contribution in [0.15, 0.2) is 30.3 Å². The average molecular weight is 347 g/mol. The van der Waals surface area contributed by atoms with Crippen LogP contribution in [0.2, 0.25) is 0 Å². The molecule has 5 nitrogen and oxygen atoms in total. The van der Waals surface area contributed by atoms with Gasteiger partial charge in [-0.3, -0.25) is 4.79 Å². The van der Waals surface area contributed by atoms with Crippen molar-refractivity contribution in [3.05, 3.63) is 35.9 Å². The Kier molecular flexibility index (Phi) is 7.85. The van der Waals surface area contributed by atoms with Gasteiger partial charge in [-0.25, -0.2) is 8.42 Å². The number of hydrogen-bond acceptors (Lipinski definition) is 4. The number of benzene rings is 1. The van der Waals surface area contributed by atoms with E-state index in [1.807, 2.05) is 30.3 Å². The number of amides is 1. The van der Waals surface area contributed by atoms with Gasteiger partial charge in [-0.1, -0.05) is 30.3 Å². The van der Waals surface area contributed by atoms with Crippen molar-refractivity contribution in [3.8, 4) is 0 Å². The minimum absolute atomic E-state index is 0. The lowest BCUT2D eigenvalue weighted by atomic mass is 10.2. The third-order valence-electron chi connectivity index (χ3n) is 3.54. The standard InChI is InChI=1S/C15H22N2O3S.ClH/c18-15(14-8-4-9-16-14)17-10-5-11-21(19,20)12-13-6-2-1-3-7-13;/h1-3,6-7,14,16H,4-5,8-12H2,(H,17,18);1H. The number of sulfone groups is 1. The first-order chi connectivity index (χ1) is 10.1. The van der Waals surface area contributed by atoms with E-state index in [1.165, 1.54) is 0 Å². The van der Waals surface area contributed by atoms with Crippen LogP contribution in [0.5, 0.6) is 0 Å². The fourth-order valence-electron chi connectivity index (χ4n) is 2.44. The first kappa shape index (κ1) is 18.9. The Morgan fingerprint density at radius 1 is 1.27 bits per heavy atom. The molecule has 1 saturated heterocycles. The first-order valence-corrected chi connectivity index (χ1v) is 9.14. The molecule has 1 atom stereocenters. The molecule has 1 unspecified atom stereocenters. The van der Waals surface area contributed by atoms with Crippen molar-refractivity contribution >= 4 is 28.2 Å². The molecule has 2 rings (SSSR count). The molecule has 124 valence electrons. The molecular formula is C15H23ClN2O3S. The zero-order valence-electron chi connectivity index (χ0n) is 12.5. The van der Waals surface area contributed by atoms with Crippen LogP contribution < -0.4 is 10.6 Å². The quantitative estimate of drug-likeness (QED) is 0.729. The summed E-state index contributed by atoms with van der Waals surface area (Å²) in [7, 11) is -3.12. The number of rotatable bonds is 7. The molecule has 1 aliphatic heterocycles. The Hall–Kier alpha value is -1.11. The summed E-state index contributed by atoms with van der Waals surface area (Å²) >= 11 is 0. The van der Waals surface area contributed by atoms with E-state index in [4.69, 9.17) is 0 Å². The number of hydrogen-bond donors (Lipinski definition) is 2. The lowest BCUT2D eigenvalue weighted by Crippen LogP contribution is -2.41. The maximum atomic E-state index is 12.0. The van der Waals surface area contributed by atoms with Gasteiger partial charge in [-0.2, -0.15) is 0 Å². The molecule has 0 spiro atoms. The summed E-state index contributed by atoms with van der Waals surface area (Å²) in [4.78, 5) is 11.7. The van der Waals surface area contributed by atoms with E-state index in [1.54, 1.807) is 0 Å². The Morgan fingerprint density at radius 3 is 2.64 bits per heavy atom. The van der Waals surface area contributed by atoms with Crippen molar-refractivity contribution in [3.63, 3.8) is 0 Å². The van der Waals surface area contributed by atoms with Crippen LogP contribution in [0.3, 0.4) is 0 Å². The smallest absolute Gasteiger partial charge is 0.237 e. The van der Waals surface area contributed by atoms with Crippen molar-refractivity contribution in [1.82, 2.24) is 10.6 Å². The lowest BCUT2D eigenvalue weighted by Gasteiger charge is -2.11. The molecule has 2 N–H and O–H groups in total. The van der Waals surface area contributed by atoms with Crippen molar-refractivity contribution in [2.75, 3.05) is 18.8 Å². The van der Waals surface area contributed by atoms with Crippen molar-refractivity contribution in [1.29, 1.82) is 0 Å². The van der Waals surface area contributed by atoms with E-state index in [0.717, 1.165) is 24.9 Å². The van der Waals surface area contributed by atoms with Gasteiger partial charge in [-0.15, -0.1) is 12.4 Å². The molecule has 1 aromatic rings. The van der Waals surface area contributed by atoms with Gasteiger partial charge in [0.2, 0.25) is 5.91 Å². The second-order valence-electron chi connectivity index (χ2n) is 5.37. The molecule has 0 radical (unpaired) electrons. The molecule has 1 heterocycles. The highest BCUT2D eigenvalue weighted by molar-refractivity contribution is 7.90. The van der Waals surface area contributed by atoms with Crippen molar-refractivity contribution in [2.24, 2.45) is 0 Å². The molecule has 0 aromatic heterocycles. The largest absolute Gasteiger partial charge is 0.355 e. The van der Waals surface area contributed by atoms with Crippen LogP contribution in [-0.2, 0) is 20.4 Å². The predicted molar refractivity (Wildman–Crippen MR) is 89.8 cm³/mol. The minimum atomic E-state index is -3.12. The van der Waals surface area contributed by atoms with Gasteiger partial charge in [0.25, 0.3) is 0 Å². The Labute approximate surface area is 138 Å². The monoisotopic (exact) mass is 346 g/mol. The summed E-state index contributed by atoms with van der Waals surface area (Å²) in [5.74, 6) is 0.139. The summed E-state index contributed by atoms with van der Waals surface area (Å²) in [6.07, 6.45) is 2.33. The Balaban J connectivity index is 0.00000242. The van der Waals surface area contributed by atoms with Crippen LogP contribution in [0.1, 0.15) is 24.8 Å². The molecular weight excluding hydrogens is 324 g/mol. The molecule has 0 bridgehead atoms. The highest BCUT2D eigenvalue weighted by Crippen LogP contribution is 2.07. The second-order valence-corrected chi connectivity index (χ2v) is 7.56. The first-order valence-electron chi connectivity index (χ1n) is 7.32. The third kappa shape index (κ3) is 6.34. The molecule has 22 heavy (non-hydrogen) atoms. The number of carbonyl (C=O) groups excluding carboxylic acids is 1. The summed E-state index contributed by atoms with van der Waals surface area (Å²) in [6, 6.07) is 9.05. The van der Waals surface area contributed by atoms with E-state index < -0.39 is 9.84 Å². The third-order valence-corrected chi connectivity index (χ3v) is 5.22. The topological polar surface area (TPSA) is 75.3 Å². The van der Waals surface area contributed by atoms with E-state index >= 15 is 0 Å². The van der Waals surface area contributed by atoms with Gasteiger partial charge in [0.15, 0.2) is 9.84 Å². The molecule has 0 saturated carbocycles. The fourth-order valence-corrected chi connectivity index (χ4v) is 3.86. The fraction of sp³-hybridized carbons (Fsp3) is 0.533. The van der Waals surface area contributed by atoms with Crippen molar-refractivity contribution < 1.29 is 13.2 Å². The summed E-state index contributed by atoms with van der Waals surface area (Å²) in [6.45, 7) is 1.29. The molecule has 1 fully saturated rings. The molecule has 1 amide bonds. The Morgan fingerprint density at radius 2 is 2.00 bits per heavy atom. The highest BCUT2D eigenvalue weighted by Gasteiger charge is 2.21.